The largest absolute Gasteiger partial charge is 0.320 e. The van der Waals surface area contributed by atoms with E-state index >= 15 is 0 Å². The molecule has 0 aliphatic heterocycles. The lowest BCUT2D eigenvalue weighted by Crippen LogP contribution is -2.07. The van der Waals surface area contributed by atoms with E-state index in [0.29, 0.717) is 0 Å². The maximum Gasteiger partial charge on any atom is -0.00518 e. The van der Waals surface area contributed by atoms with Crippen molar-refractivity contribution in [1.82, 2.24) is 5.32 Å². The first-order chi connectivity index (χ1) is 8.90. The van der Waals surface area contributed by atoms with Crippen molar-refractivity contribution in [2.45, 2.75) is 19.3 Å². The summed E-state index contributed by atoms with van der Waals surface area (Å²) >= 11 is 0. The number of hydrogen-bond acceptors (Lipinski definition) is 1. The van der Waals surface area contributed by atoms with Crippen molar-refractivity contribution in [2.24, 2.45) is 0 Å². The van der Waals surface area contributed by atoms with E-state index < -0.39 is 0 Å². The zero-order valence-electron chi connectivity index (χ0n) is 11.0. The third-order valence-electron chi connectivity index (χ3n) is 3.20. The van der Waals surface area contributed by atoms with Crippen LogP contribution in [0.25, 0.3) is 11.1 Å². The Labute approximate surface area is 110 Å². The second-order valence-electron chi connectivity index (χ2n) is 4.62. The number of hydrogen-bond donors (Lipinski definition) is 1. The fraction of sp³-hybridized carbons (Fsp3) is 0.294. The maximum atomic E-state index is 3.18. The number of nitrogens with one attached hydrogen (secondary N) is 1. The molecule has 0 bridgehead atoms. The van der Waals surface area contributed by atoms with Crippen molar-refractivity contribution in [2.75, 3.05) is 13.6 Å². The molecule has 1 heteroatoms. The summed E-state index contributed by atoms with van der Waals surface area (Å²) in [6.45, 7) is 1.11. The Hall–Kier alpha value is -1.60. The topological polar surface area (TPSA) is 12.0 Å². The van der Waals surface area contributed by atoms with Crippen molar-refractivity contribution in [3.63, 3.8) is 0 Å². The molecular formula is C17H21N. The summed E-state index contributed by atoms with van der Waals surface area (Å²) in [5.41, 5.74) is 4.03. The van der Waals surface area contributed by atoms with Gasteiger partial charge in [-0.3, -0.25) is 0 Å². The van der Waals surface area contributed by atoms with Gasteiger partial charge in [-0.25, -0.2) is 0 Å². The zero-order chi connectivity index (χ0) is 12.6. The molecule has 1 N–H and O–H groups in total. The van der Waals surface area contributed by atoms with Gasteiger partial charge in [0.2, 0.25) is 0 Å². The molecule has 0 spiro atoms. The zero-order valence-corrected chi connectivity index (χ0v) is 11.0. The molecule has 0 aliphatic rings. The molecule has 18 heavy (non-hydrogen) atoms. The van der Waals surface area contributed by atoms with Gasteiger partial charge in [-0.2, -0.15) is 0 Å². The van der Waals surface area contributed by atoms with Gasteiger partial charge >= 0.3 is 0 Å². The molecule has 0 atom stereocenters. The van der Waals surface area contributed by atoms with Crippen LogP contribution in [0.3, 0.4) is 0 Å². The van der Waals surface area contributed by atoms with Gasteiger partial charge in [-0.15, -0.1) is 0 Å². The molecule has 2 aromatic rings. The fourth-order valence-electron chi connectivity index (χ4n) is 2.13. The Morgan fingerprint density at radius 3 is 2.11 bits per heavy atom. The van der Waals surface area contributed by atoms with E-state index in [2.05, 4.69) is 59.9 Å². The van der Waals surface area contributed by atoms with Gasteiger partial charge in [0.05, 0.1) is 0 Å². The van der Waals surface area contributed by atoms with Crippen LogP contribution in [0.1, 0.15) is 18.4 Å². The molecule has 0 aliphatic carbocycles. The molecule has 0 saturated heterocycles. The fourth-order valence-corrected chi connectivity index (χ4v) is 2.13. The Balaban J connectivity index is 1.94. The van der Waals surface area contributed by atoms with E-state index in [4.69, 9.17) is 0 Å². The predicted molar refractivity (Wildman–Crippen MR) is 78.7 cm³/mol. The summed E-state index contributed by atoms with van der Waals surface area (Å²) in [4.78, 5) is 0. The number of aryl methyl sites for hydroxylation is 1. The van der Waals surface area contributed by atoms with Crippen LogP contribution in [-0.4, -0.2) is 13.6 Å². The molecule has 0 heterocycles. The highest BCUT2D eigenvalue weighted by Crippen LogP contribution is 2.19. The average Bonchev–Trinajstić information content (AvgIpc) is 2.45. The van der Waals surface area contributed by atoms with E-state index in [1.807, 2.05) is 7.05 Å². The molecule has 2 aromatic carbocycles. The normalized spacial score (nSPS) is 10.5. The van der Waals surface area contributed by atoms with Gasteiger partial charge in [-0.1, -0.05) is 54.6 Å². The molecule has 0 saturated carbocycles. The maximum absolute atomic E-state index is 3.18. The minimum Gasteiger partial charge on any atom is -0.320 e. The Kier molecular flexibility index (Phi) is 4.98. The lowest BCUT2D eigenvalue weighted by molar-refractivity contribution is 0.677. The first-order valence-electron chi connectivity index (χ1n) is 6.69. The Morgan fingerprint density at radius 1 is 0.778 bits per heavy atom. The van der Waals surface area contributed by atoms with Crippen LogP contribution in [-0.2, 0) is 6.42 Å². The Morgan fingerprint density at radius 2 is 1.44 bits per heavy atom. The molecule has 0 radical (unpaired) electrons. The summed E-state index contributed by atoms with van der Waals surface area (Å²) < 4.78 is 0. The highest BCUT2D eigenvalue weighted by Gasteiger charge is 1.97. The van der Waals surface area contributed by atoms with Crippen molar-refractivity contribution < 1.29 is 0 Å². The smallest absolute Gasteiger partial charge is 0.00518 e. The number of rotatable bonds is 6. The van der Waals surface area contributed by atoms with Gasteiger partial charge in [0.15, 0.2) is 0 Å². The lowest BCUT2D eigenvalue weighted by Gasteiger charge is -2.04. The van der Waals surface area contributed by atoms with Crippen molar-refractivity contribution in [3.05, 3.63) is 60.2 Å². The summed E-state index contributed by atoms with van der Waals surface area (Å²) in [6.07, 6.45) is 3.68. The standard InChI is InChI=1S/C17H21N/c1-18-14-6-5-7-15-10-12-17(13-11-15)16-8-3-2-4-9-16/h2-4,8-13,18H,5-7,14H2,1H3. The van der Waals surface area contributed by atoms with Crippen molar-refractivity contribution >= 4 is 0 Å². The highest BCUT2D eigenvalue weighted by atomic mass is 14.8. The molecule has 1 nitrogen and oxygen atoms in total. The summed E-state index contributed by atoms with van der Waals surface area (Å²) in [5.74, 6) is 0. The van der Waals surface area contributed by atoms with Crippen LogP contribution in [0.5, 0.6) is 0 Å². The SMILES string of the molecule is CNCCCCc1ccc(-c2ccccc2)cc1. The van der Waals surface area contributed by atoms with Crippen molar-refractivity contribution in [1.29, 1.82) is 0 Å². The van der Waals surface area contributed by atoms with Crippen LogP contribution < -0.4 is 5.32 Å². The minimum atomic E-state index is 1.11. The molecule has 0 aromatic heterocycles. The van der Waals surface area contributed by atoms with Crippen LogP contribution in [0, 0.1) is 0 Å². The lowest BCUT2D eigenvalue weighted by atomic mass is 10.0. The van der Waals surface area contributed by atoms with Gasteiger partial charge in [0.25, 0.3) is 0 Å². The summed E-state index contributed by atoms with van der Waals surface area (Å²) in [7, 11) is 2.01. The van der Waals surface area contributed by atoms with E-state index in [-0.39, 0.29) is 0 Å². The number of unbranched alkanes of at least 4 members (excludes halogenated alkanes) is 1. The molecule has 0 amide bonds. The Bertz CT molecular complexity index is 445. The first kappa shape index (κ1) is 12.8. The third kappa shape index (κ3) is 3.71. The minimum absolute atomic E-state index is 1.11. The summed E-state index contributed by atoms with van der Waals surface area (Å²) in [6, 6.07) is 19.5. The molecule has 0 unspecified atom stereocenters. The first-order valence-corrected chi connectivity index (χ1v) is 6.69. The van der Waals surface area contributed by atoms with Gasteiger partial charge in [0, 0.05) is 0 Å². The second-order valence-corrected chi connectivity index (χ2v) is 4.62. The predicted octanol–water partition coefficient (Wildman–Crippen LogP) is 3.90. The van der Waals surface area contributed by atoms with Crippen LogP contribution in [0.15, 0.2) is 54.6 Å². The van der Waals surface area contributed by atoms with Crippen LogP contribution in [0.2, 0.25) is 0 Å². The van der Waals surface area contributed by atoms with E-state index in [1.54, 1.807) is 0 Å². The van der Waals surface area contributed by atoms with E-state index in [0.717, 1.165) is 6.54 Å². The quantitative estimate of drug-likeness (QED) is 0.754. The molecule has 0 fully saturated rings. The summed E-state index contributed by atoms with van der Waals surface area (Å²) in [5, 5.41) is 3.18. The molecule has 94 valence electrons. The van der Waals surface area contributed by atoms with Gasteiger partial charge < -0.3 is 5.32 Å². The van der Waals surface area contributed by atoms with Gasteiger partial charge in [0.1, 0.15) is 0 Å². The molecular weight excluding hydrogens is 218 g/mol. The van der Waals surface area contributed by atoms with Crippen LogP contribution >= 0.6 is 0 Å². The van der Waals surface area contributed by atoms with Gasteiger partial charge in [-0.05, 0) is 49.5 Å². The second kappa shape index (κ2) is 6.97. The van der Waals surface area contributed by atoms with E-state index in [9.17, 15) is 0 Å². The average molecular weight is 239 g/mol. The van der Waals surface area contributed by atoms with E-state index in [1.165, 1.54) is 36.0 Å². The number of benzene rings is 2. The third-order valence-corrected chi connectivity index (χ3v) is 3.20. The highest BCUT2D eigenvalue weighted by molar-refractivity contribution is 5.63. The molecule has 2 rings (SSSR count). The van der Waals surface area contributed by atoms with Crippen molar-refractivity contribution in [3.8, 4) is 11.1 Å². The van der Waals surface area contributed by atoms with Crippen LogP contribution in [0.4, 0.5) is 0 Å². The monoisotopic (exact) mass is 239 g/mol.